The summed E-state index contributed by atoms with van der Waals surface area (Å²) in [6, 6.07) is 1.73. The SMILES string of the molecule is CCCCCCCC(=O)NC(C)(C)C(=O)N1CCC[C@H]1C(=O)N[C@@H](Cc1ccccc1)C(=O)NC(C)(C)C(=O)COC(=O)N[C@@H](CC)C(=O)NC(C)(C)C(=O)N[C@@](CC)(CCC)C(=O)COC(=O)N[C@@H](CC)C(=O)N[C@@H](C)C(=O)N[C@@H](CC(C)C)C(=O)O. The lowest BCUT2D eigenvalue weighted by Gasteiger charge is -2.36. The molecule has 0 aromatic heterocycles. The van der Waals surface area contributed by atoms with Gasteiger partial charge in [-0.3, -0.25) is 47.9 Å². The number of benzene rings is 1. The second-order valence-electron chi connectivity index (χ2n) is 24.6. The third-order valence-electron chi connectivity index (χ3n) is 15.3. The molecule has 1 heterocycles. The summed E-state index contributed by atoms with van der Waals surface area (Å²) in [6.07, 6.45) is 4.14. The van der Waals surface area contributed by atoms with Crippen molar-refractivity contribution in [1.29, 1.82) is 0 Å². The molecule has 1 aromatic carbocycles. The van der Waals surface area contributed by atoms with Gasteiger partial charge in [0.2, 0.25) is 47.3 Å². The number of hydrogen-bond donors (Lipinski definition) is 10. The summed E-state index contributed by atoms with van der Waals surface area (Å²) in [4.78, 5) is 175. The van der Waals surface area contributed by atoms with Gasteiger partial charge < -0.3 is 67.3 Å². The van der Waals surface area contributed by atoms with Crippen LogP contribution in [0.1, 0.15) is 192 Å². The highest BCUT2D eigenvalue weighted by molar-refractivity contribution is 6.01. The van der Waals surface area contributed by atoms with Crippen LogP contribution in [-0.2, 0) is 68.6 Å². The number of alkyl carbamates (subject to hydrolysis) is 2. The third kappa shape index (κ3) is 24.5. The van der Waals surface area contributed by atoms with E-state index in [1.54, 1.807) is 85.7 Å². The van der Waals surface area contributed by atoms with Crippen molar-refractivity contribution in [3.05, 3.63) is 35.9 Å². The average Bonchev–Trinajstić information content (AvgIpc) is 1.54. The molecule has 0 bridgehead atoms. The Kier molecular flexibility index (Phi) is 31.2. The van der Waals surface area contributed by atoms with Gasteiger partial charge in [0.15, 0.2) is 24.8 Å². The number of ketones is 2. The molecular formula is C62H100N10O16. The van der Waals surface area contributed by atoms with E-state index in [0.717, 1.165) is 25.7 Å². The monoisotopic (exact) mass is 1240 g/mol. The molecule has 494 valence electrons. The Morgan fingerprint density at radius 1 is 0.591 bits per heavy atom. The van der Waals surface area contributed by atoms with Crippen molar-refractivity contribution in [1.82, 2.24) is 52.8 Å². The summed E-state index contributed by atoms with van der Waals surface area (Å²) in [5.41, 5.74) is -5.65. The van der Waals surface area contributed by atoms with Gasteiger partial charge in [0, 0.05) is 19.4 Å². The molecule has 0 radical (unpaired) electrons. The smallest absolute Gasteiger partial charge is 0.408 e. The van der Waals surface area contributed by atoms with Gasteiger partial charge in [-0.25, -0.2) is 14.4 Å². The molecule has 88 heavy (non-hydrogen) atoms. The van der Waals surface area contributed by atoms with E-state index in [1.165, 1.54) is 39.5 Å². The number of aliphatic carboxylic acids is 1. The van der Waals surface area contributed by atoms with Crippen LogP contribution < -0.4 is 47.9 Å². The summed E-state index contributed by atoms with van der Waals surface area (Å²) in [5, 5.41) is 32.6. The van der Waals surface area contributed by atoms with Crippen molar-refractivity contribution in [3.63, 3.8) is 0 Å². The van der Waals surface area contributed by atoms with E-state index in [0.29, 0.717) is 31.2 Å². The summed E-state index contributed by atoms with van der Waals surface area (Å²) in [6.45, 7) is 20.8. The number of amides is 10. The molecule has 0 unspecified atom stereocenters. The van der Waals surface area contributed by atoms with Crippen molar-refractivity contribution in [3.8, 4) is 0 Å². The van der Waals surface area contributed by atoms with E-state index in [1.807, 2.05) is 0 Å². The largest absolute Gasteiger partial charge is 0.480 e. The fourth-order valence-corrected chi connectivity index (χ4v) is 9.80. The number of carbonyl (C=O) groups excluding carboxylic acids is 12. The number of likely N-dealkylation sites (tertiary alicyclic amines) is 1. The van der Waals surface area contributed by atoms with E-state index >= 15 is 0 Å². The molecule has 1 fully saturated rings. The number of carboxylic acid groups (broad SMARTS) is 1. The predicted molar refractivity (Wildman–Crippen MR) is 327 cm³/mol. The zero-order valence-corrected chi connectivity index (χ0v) is 54.2. The summed E-state index contributed by atoms with van der Waals surface area (Å²) < 4.78 is 10.4. The molecule has 10 N–H and O–H groups in total. The number of rotatable bonds is 38. The number of nitrogens with one attached hydrogen (secondary N) is 9. The maximum atomic E-state index is 14.1. The molecule has 7 atom stereocenters. The first-order valence-electron chi connectivity index (χ1n) is 30.8. The second kappa shape index (κ2) is 36.0. The fraction of sp³-hybridized carbons (Fsp3) is 0.694. The number of carboxylic acids is 1. The van der Waals surface area contributed by atoms with Gasteiger partial charge in [-0.1, -0.05) is 111 Å². The second-order valence-corrected chi connectivity index (χ2v) is 24.6. The highest BCUT2D eigenvalue weighted by atomic mass is 16.6. The van der Waals surface area contributed by atoms with Crippen LogP contribution >= 0.6 is 0 Å². The number of ether oxygens (including phenoxy) is 2. The van der Waals surface area contributed by atoms with Crippen LogP contribution in [0.15, 0.2) is 30.3 Å². The molecule has 1 aliphatic heterocycles. The lowest BCUT2D eigenvalue weighted by molar-refractivity contribution is -0.145. The van der Waals surface area contributed by atoms with E-state index in [4.69, 9.17) is 9.47 Å². The van der Waals surface area contributed by atoms with Gasteiger partial charge in [0.05, 0.1) is 5.54 Å². The number of carbonyl (C=O) groups is 13. The van der Waals surface area contributed by atoms with Crippen molar-refractivity contribution < 1.29 is 76.9 Å². The molecule has 10 amide bonds. The quantitative estimate of drug-likeness (QED) is 0.0417. The van der Waals surface area contributed by atoms with Crippen molar-refractivity contribution in [2.45, 2.75) is 252 Å². The Bertz CT molecular complexity index is 2590. The minimum absolute atomic E-state index is 0.00278. The topological polar surface area (TPSA) is 372 Å². The predicted octanol–water partition coefficient (Wildman–Crippen LogP) is 4.08. The molecule has 0 spiro atoms. The van der Waals surface area contributed by atoms with Crippen LogP contribution in [0.4, 0.5) is 9.59 Å². The fourth-order valence-electron chi connectivity index (χ4n) is 9.80. The van der Waals surface area contributed by atoms with Gasteiger partial charge in [0.25, 0.3) is 0 Å². The molecule has 1 saturated heterocycles. The Balaban J connectivity index is 2.08. The maximum absolute atomic E-state index is 14.1. The number of unbranched alkanes of at least 4 members (excludes halogenated alkanes) is 4. The standard InChI is InChI=1S/C62H100N10O16/c1-15-20-21-22-26-31-48(75)68-61(13,14)56(84)72-33-27-30-45(72)53(80)64-43(35-40-28-24-23-25-29-40)52(79)69-59(9,10)46(73)36-87-58(86)67-42(18-4)51(78)70-60(11,12)55(83)71-62(19-5,32-16-2)47(74)37-88-57(85)66-41(17-3)50(77)63-39(8)49(76)65-44(54(81)82)34-38(6)7/h23-25,28-29,38-39,41-45H,15-22,26-27,30-37H2,1-14H3,(H,63,77)(H,64,80)(H,65,76)(H,66,85)(H,67,86)(H,68,75)(H,69,79)(H,70,78)(H,71,83)(H,81,82)/t39-,41-,42-,43-,44-,45-,62-/m0/s1. The van der Waals surface area contributed by atoms with E-state index < -0.39 is 143 Å². The number of hydrogen-bond acceptors (Lipinski definition) is 15. The molecule has 26 heteroatoms. The Morgan fingerprint density at radius 3 is 1.69 bits per heavy atom. The first-order chi connectivity index (χ1) is 41.1. The first-order valence-corrected chi connectivity index (χ1v) is 30.8. The van der Waals surface area contributed by atoms with Crippen molar-refractivity contribution >= 4 is 77.0 Å². The van der Waals surface area contributed by atoms with Gasteiger partial charge in [-0.05, 0) is 111 Å². The van der Waals surface area contributed by atoms with Crippen LogP contribution in [-0.4, -0.2) is 165 Å². The first kappa shape index (κ1) is 76.4. The van der Waals surface area contributed by atoms with Crippen molar-refractivity contribution in [2.24, 2.45) is 5.92 Å². The van der Waals surface area contributed by atoms with E-state index in [-0.39, 0.29) is 63.3 Å². The third-order valence-corrected chi connectivity index (χ3v) is 15.3. The lowest BCUT2D eigenvalue weighted by Crippen LogP contribution is -2.65. The zero-order chi connectivity index (χ0) is 66.7. The van der Waals surface area contributed by atoms with Crippen LogP contribution in [0.25, 0.3) is 0 Å². The zero-order valence-electron chi connectivity index (χ0n) is 54.2. The number of nitrogens with zero attached hydrogens (tertiary/aromatic N) is 1. The number of Topliss-reactive ketones (excluding diaryl/α,β-unsaturated/α-hetero) is 2. The Morgan fingerprint density at radius 2 is 1.15 bits per heavy atom. The van der Waals surface area contributed by atoms with Gasteiger partial charge >= 0.3 is 18.2 Å². The highest BCUT2D eigenvalue weighted by Crippen LogP contribution is 2.24. The van der Waals surface area contributed by atoms with E-state index in [2.05, 4.69) is 54.8 Å². The van der Waals surface area contributed by atoms with Gasteiger partial charge in [0.1, 0.15) is 52.9 Å². The van der Waals surface area contributed by atoms with E-state index in [9.17, 15) is 67.4 Å². The normalized spacial score (nSPS) is 15.7. The van der Waals surface area contributed by atoms with Gasteiger partial charge in [-0.2, -0.15) is 0 Å². The Hall–Kier alpha value is -7.67. The molecule has 0 aliphatic carbocycles. The highest BCUT2D eigenvalue weighted by Gasteiger charge is 2.45. The lowest BCUT2D eigenvalue weighted by atomic mass is 9.85. The minimum atomic E-state index is -1.73. The van der Waals surface area contributed by atoms with Crippen LogP contribution in [0.5, 0.6) is 0 Å². The van der Waals surface area contributed by atoms with Crippen LogP contribution in [0.2, 0.25) is 0 Å². The summed E-state index contributed by atoms with van der Waals surface area (Å²) in [5.74, 6) is -8.00. The van der Waals surface area contributed by atoms with Crippen molar-refractivity contribution in [2.75, 3.05) is 19.8 Å². The molecule has 1 aromatic rings. The average molecular weight is 1240 g/mol. The molecular weight excluding hydrogens is 1140 g/mol. The molecule has 1 aliphatic rings. The molecule has 26 nitrogen and oxygen atoms in total. The Labute approximate surface area is 518 Å². The minimum Gasteiger partial charge on any atom is -0.480 e. The van der Waals surface area contributed by atoms with Crippen LogP contribution in [0.3, 0.4) is 0 Å². The maximum Gasteiger partial charge on any atom is 0.408 e. The summed E-state index contributed by atoms with van der Waals surface area (Å²) >= 11 is 0. The molecule has 2 rings (SSSR count). The van der Waals surface area contributed by atoms with Gasteiger partial charge in [-0.15, -0.1) is 0 Å². The van der Waals surface area contributed by atoms with Crippen LogP contribution in [0, 0.1) is 5.92 Å². The summed E-state index contributed by atoms with van der Waals surface area (Å²) in [7, 11) is 0. The molecule has 0 saturated carbocycles.